The molecule has 0 spiro atoms. The van der Waals surface area contributed by atoms with E-state index >= 15 is 0 Å². The van der Waals surface area contributed by atoms with Crippen molar-refractivity contribution >= 4 is 5.78 Å². The monoisotopic (exact) mass is 210 g/mol. The molecule has 0 fully saturated rings. The molecule has 0 aliphatic rings. The van der Waals surface area contributed by atoms with Crippen LogP contribution in [0.4, 0.5) is 4.39 Å². The van der Waals surface area contributed by atoms with Crippen molar-refractivity contribution in [1.82, 2.24) is 4.98 Å². The number of nitrogens with two attached hydrogens (primary N) is 1. The third kappa shape index (κ3) is 2.39. The Morgan fingerprint density at radius 2 is 2.27 bits per heavy atom. The van der Waals surface area contributed by atoms with Crippen LogP contribution >= 0.6 is 0 Å². The normalized spacial score (nSPS) is 14.7. The van der Waals surface area contributed by atoms with Crippen LogP contribution in [0.3, 0.4) is 0 Å². The number of nitrogens with zero attached hydrogens (tertiary/aromatic N) is 1. The second kappa shape index (κ2) is 4.49. The Kier molecular flexibility index (Phi) is 3.52. The van der Waals surface area contributed by atoms with Crippen LogP contribution in [-0.2, 0) is 0 Å². The van der Waals surface area contributed by atoms with E-state index in [4.69, 9.17) is 5.73 Å². The molecule has 0 aliphatic carbocycles. The van der Waals surface area contributed by atoms with Crippen molar-refractivity contribution in [3.05, 3.63) is 29.8 Å². The lowest BCUT2D eigenvalue weighted by atomic mass is 9.80. The average molecular weight is 210 g/mol. The topological polar surface area (TPSA) is 56.0 Å². The van der Waals surface area contributed by atoms with Crippen LogP contribution in [0, 0.1) is 11.2 Å². The lowest BCUT2D eigenvalue weighted by Crippen LogP contribution is -2.35. The molecule has 1 aromatic heterocycles. The second-order valence-corrected chi connectivity index (χ2v) is 3.84. The maximum Gasteiger partial charge on any atom is 0.171 e. The number of carbonyl (C=O) groups excluding carboxylic acids is 1. The van der Waals surface area contributed by atoms with Crippen LogP contribution in [0.1, 0.15) is 30.6 Å². The molecule has 1 atom stereocenters. The fraction of sp³-hybridized carbons (Fsp3) is 0.455. The Balaban J connectivity index is 3.03. The Labute approximate surface area is 88.5 Å². The van der Waals surface area contributed by atoms with Crippen LogP contribution in [-0.4, -0.2) is 17.3 Å². The lowest BCUT2D eigenvalue weighted by Gasteiger charge is -2.24. The van der Waals surface area contributed by atoms with E-state index in [1.165, 1.54) is 12.3 Å². The Hall–Kier alpha value is -1.29. The number of pyridine rings is 1. The van der Waals surface area contributed by atoms with E-state index in [0.29, 0.717) is 6.42 Å². The zero-order valence-corrected chi connectivity index (χ0v) is 8.96. The molecule has 82 valence electrons. The van der Waals surface area contributed by atoms with Crippen molar-refractivity contribution in [2.45, 2.75) is 20.3 Å². The van der Waals surface area contributed by atoms with E-state index in [9.17, 15) is 9.18 Å². The lowest BCUT2D eigenvalue weighted by molar-refractivity contribution is 0.0819. The minimum Gasteiger partial charge on any atom is -0.329 e. The summed E-state index contributed by atoms with van der Waals surface area (Å²) in [4.78, 5) is 15.6. The van der Waals surface area contributed by atoms with E-state index in [-0.39, 0.29) is 17.9 Å². The molecule has 4 heteroatoms. The summed E-state index contributed by atoms with van der Waals surface area (Å²) in [7, 11) is 0. The minimum absolute atomic E-state index is 0.153. The number of rotatable bonds is 4. The summed E-state index contributed by atoms with van der Waals surface area (Å²) < 4.78 is 12.9. The molecular formula is C11H15FN2O. The molecule has 0 saturated heterocycles. The van der Waals surface area contributed by atoms with Crippen molar-refractivity contribution in [1.29, 1.82) is 0 Å². The van der Waals surface area contributed by atoms with Gasteiger partial charge in [-0.05, 0) is 12.5 Å². The zero-order chi connectivity index (χ0) is 11.5. The zero-order valence-electron chi connectivity index (χ0n) is 8.96. The van der Waals surface area contributed by atoms with Gasteiger partial charge in [0, 0.05) is 23.7 Å². The summed E-state index contributed by atoms with van der Waals surface area (Å²) >= 11 is 0. The molecule has 3 nitrogen and oxygen atoms in total. The van der Waals surface area contributed by atoms with Crippen LogP contribution in [0.15, 0.2) is 18.5 Å². The average Bonchev–Trinajstić information content (AvgIpc) is 2.27. The van der Waals surface area contributed by atoms with Gasteiger partial charge >= 0.3 is 0 Å². The minimum atomic E-state index is -0.629. The highest BCUT2D eigenvalue weighted by Gasteiger charge is 2.30. The van der Waals surface area contributed by atoms with Gasteiger partial charge in [-0.25, -0.2) is 4.39 Å². The highest BCUT2D eigenvalue weighted by atomic mass is 19.1. The molecule has 0 radical (unpaired) electrons. The fourth-order valence-corrected chi connectivity index (χ4v) is 1.28. The SMILES string of the molecule is CCC(C)(CN)C(=O)c1cncc(F)c1. The molecule has 0 aromatic carbocycles. The van der Waals surface area contributed by atoms with Crippen molar-refractivity contribution in [2.24, 2.45) is 11.1 Å². The van der Waals surface area contributed by atoms with Crippen molar-refractivity contribution in [3.63, 3.8) is 0 Å². The highest BCUT2D eigenvalue weighted by Crippen LogP contribution is 2.24. The van der Waals surface area contributed by atoms with Crippen LogP contribution < -0.4 is 5.73 Å². The Morgan fingerprint density at radius 3 is 2.73 bits per heavy atom. The van der Waals surface area contributed by atoms with Gasteiger partial charge in [0.2, 0.25) is 0 Å². The predicted octanol–water partition coefficient (Wildman–Crippen LogP) is 1.78. The number of hydrogen-bond donors (Lipinski definition) is 1. The van der Waals surface area contributed by atoms with Gasteiger partial charge in [0.05, 0.1) is 6.20 Å². The second-order valence-electron chi connectivity index (χ2n) is 3.84. The third-order valence-electron chi connectivity index (χ3n) is 2.75. The molecule has 0 bridgehead atoms. The van der Waals surface area contributed by atoms with Gasteiger partial charge in [0.1, 0.15) is 5.82 Å². The Morgan fingerprint density at radius 1 is 1.60 bits per heavy atom. The maximum absolute atomic E-state index is 12.9. The number of aromatic nitrogens is 1. The summed E-state index contributed by atoms with van der Waals surface area (Å²) in [6.45, 7) is 3.91. The maximum atomic E-state index is 12.9. The highest BCUT2D eigenvalue weighted by molar-refractivity contribution is 6.00. The van der Waals surface area contributed by atoms with Gasteiger partial charge in [-0.15, -0.1) is 0 Å². The summed E-state index contributed by atoms with van der Waals surface area (Å²) in [5.74, 6) is -0.657. The molecule has 0 saturated carbocycles. The summed E-state index contributed by atoms with van der Waals surface area (Å²) in [6, 6.07) is 1.19. The number of halogens is 1. The van der Waals surface area contributed by atoms with Crippen LogP contribution in [0.2, 0.25) is 0 Å². The van der Waals surface area contributed by atoms with E-state index in [2.05, 4.69) is 4.98 Å². The van der Waals surface area contributed by atoms with Gasteiger partial charge in [0.25, 0.3) is 0 Å². The smallest absolute Gasteiger partial charge is 0.171 e. The molecule has 0 amide bonds. The third-order valence-corrected chi connectivity index (χ3v) is 2.75. The van der Waals surface area contributed by atoms with Gasteiger partial charge < -0.3 is 5.73 Å². The first-order chi connectivity index (χ1) is 7.03. The van der Waals surface area contributed by atoms with Crippen molar-refractivity contribution < 1.29 is 9.18 Å². The standard InChI is InChI=1S/C11H15FN2O/c1-3-11(2,7-13)10(15)8-4-9(12)6-14-5-8/h4-6H,3,7,13H2,1-2H3. The van der Waals surface area contributed by atoms with E-state index < -0.39 is 11.2 Å². The van der Waals surface area contributed by atoms with E-state index in [1.54, 1.807) is 6.92 Å². The van der Waals surface area contributed by atoms with E-state index in [1.807, 2.05) is 6.92 Å². The molecule has 1 rings (SSSR count). The van der Waals surface area contributed by atoms with Gasteiger partial charge in [-0.1, -0.05) is 13.8 Å². The van der Waals surface area contributed by atoms with Gasteiger partial charge in [-0.3, -0.25) is 9.78 Å². The van der Waals surface area contributed by atoms with Crippen LogP contribution in [0.5, 0.6) is 0 Å². The number of hydrogen-bond acceptors (Lipinski definition) is 3. The van der Waals surface area contributed by atoms with Crippen LogP contribution in [0.25, 0.3) is 0 Å². The number of carbonyl (C=O) groups is 1. The van der Waals surface area contributed by atoms with Crippen molar-refractivity contribution in [3.8, 4) is 0 Å². The van der Waals surface area contributed by atoms with Crippen molar-refractivity contribution in [2.75, 3.05) is 6.54 Å². The molecule has 1 heterocycles. The number of ketones is 1. The number of Topliss-reactive ketones (excluding diaryl/α,β-unsaturated/α-hetero) is 1. The quantitative estimate of drug-likeness (QED) is 0.770. The molecule has 0 aliphatic heterocycles. The van der Waals surface area contributed by atoms with Gasteiger partial charge in [-0.2, -0.15) is 0 Å². The van der Waals surface area contributed by atoms with Gasteiger partial charge in [0.15, 0.2) is 5.78 Å². The largest absolute Gasteiger partial charge is 0.329 e. The fourth-order valence-electron chi connectivity index (χ4n) is 1.28. The molecule has 15 heavy (non-hydrogen) atoms. The molecule has 1 aromatic rings. The predicted molar refractivity (Wildman–Crippen MR) is 56.0 cm³/mol. The summed E-state index contributed by atoms with van der Waals surface area (Å²) in [5.41, 5.74) is 5.21. The molecular weight excluding hydrogens is 195 g/mol. The first-order valence-electron chi connectivity index (χ1n) is 4.89. The first-order valence-corrected chi connectivity index (χ1v) is 4.89. The van der Waals surface area contributed by atoms with E-state index in [0.717, 1.165) is 6.20 Å². The Bertz CT molecular complexity index is 361. The summed E-state index contributed by atoms with van der Waals surface area (Å²) in [6.07, 6.45) is 3.07. The molecule has 2 N–H and O–H groups in total. The molecule has 1 unspecified atom stereocenters. The first kappa shape index (κ1) is 11.8. The summed E-state index contributed by atoms with van der Waals surface area (Å²) in [5, 5.41) is 0.